The number of hydrogen-bond acceptors (Lipinski definition) is 9. The third kappa shape index (κ3) is 7.36. The van der Waals surface area contributed by atoms with Crippen molar-refractivity contribution in [3.05, 3.63) is 54.6 Å². The summed E-state index contributed by atoms with van der Waals surface area (Å²) in [5.74, 6) is -1.83. The first kappa shape index (κ1) is 37.6. The van der Waals surface area contributed by atoms with Crippen LogP contribution in [0.25, 0.3) is 10.8 Å². The summed E-state index contributed by atoms with van der Waals surface area (Å²) >= 11 is 0. The number of carbonyl (C=O) groups excluding carboxylic acids is 4. The fourth-order valence-electron chi connectivity index (χ4n) is 7.59. The Morgan fingerprint density at radius 3 is 2.25 bits per heavy atom. The van der Waals surface area contributed by atoms with Gasteiger partial charge in [-0.3, -0.25) is 19.1 Å². The smallest absolute Gasteiger partial charge is 0.408 e. The largest absolute Gasteiger partial charge is 0.497 e. The van der Waals surface area contributed by atoms with Gasteiger partial charge in [0.2, 0.25) is 21.8 Å². The first-order valence-electron chi connectivity index (χ1n) is 18.0. The van der Waals surface area contributed by atoms with Gasteiger partial charge >= 0.3 is 6.09 Å². The zero-order valence-electron chi connectivity index (χ0n) is 30.5. The molecule has 3 aliphatic carbocycles. The summed E-state index contributed by atoms with van der Waals surface area (Å²) in [7, 11) is -0.784. The number of sulfonamides is 1. The van der Waals surface area contributed by atoms with E-state index in [9.17, 15) is 27.6 Å². The van der Waals surface area contributed by atoms with Crippen molar-refractivity contribution in [1.29, 1.82) is 0 Å². The molecule has 6 rings (SSSR count). The van der Waals surface area contributed by atoms with Crippen LogP contribution in [-0.4, -0.2) is 86.9 Å². The van der Waals surface area contributed by atoms with Crippen LogP contribution in [0, 0.1) is 11.3 Å². The fourth-order valence-corrected chi connectivity index (χ4v) is 8.95. The first-order valence-corrected chi connectivity index (χ1v) is 19.5. The molecule has 0 radical (unpaired) electrons. The fraction of sp³-hybridized carbons (Fsp3) is 0.579. The molecule has 3 saturated carbocycles. The second kappa shape index (κ2) is 14.0. The van der Waals surface area contributed by atoms with Gasteiger partial charge in [0.15, 0.2) is 0 Å². The second-order valence-electron chi connectivity index (χ2n) is 15.7. The molecular formula is C38H50N4O9S. The summed E-state index contributed by atoms with van der Waals surface area (Å²) in [6, 6.07) is 9.18. The summed E-state index contributed by atoms with van der Waals surface area (Å²) in [5, 5.41) is 6.81. The number of carbonyl (C=O) groups is 4. The topological polar surface area (TPSA) is 169 Å². The SMILES string of the molecule is C=C[C@@H]1C[C@]1(NC(=O)[C@@H]1C[C@@](OC)(c2ccc3cc(OC)ccc3c2)CN1C(=O)[C@@H](NC(=O)OC1CCCC1)C(C)(C)C)C(=O)NS(=O)(=O)C1CC1. The molecule has 4 amide bonds. The van der Waals surface area contributed by atoms with E-state index in [-0.39, 0.29) is 25.5 Å². The van der Waals surface area contributed by atoms with Crippen molar-refractivity contribution in [2.24, 2.45) is 11.3 Å². The average molecular weight is 739 g/mol. The molecule has 2 aromatic rings. The number of methoxy groups -OCH3 is 2. The molecule has 4 fully saturated rings. The molecular weight excluding hydrogens is 689 g/mol. The molecule has 1 saturated heterocycles. The van der Waals surface area contributed by atoms with Crippen LogP contribution in [0.5, 0.6) is 5.75 Å². The maximum Gasteiger partial charge on any atom is 0.408 e. The minimum Gasteiger partial charge on any atom is -0.497 e. The van der Waals surface area contributed by atoms with Gasteiger partial charge in [-0.15, -0.1) is 6.58 Å². The van der Waals surface area contributed by atoms with E-state index in [1.54, 1.807) is 7.11 Å². The van der Waals surface area contributed by atoms with Gasteiger partial charge in [0.05, 0.1) is 18.9 Å². The second-order valence-corrected chi connectivity index (χ2v) is 17.7. The lowest BCUT2D eigenvalue weighted by molar-refractivity contribution is -0.143. The highest BCUT2D eigenvalue weighted by Crippen LogP contribution is 2.47. The molecule has 14 heteroatoms. The van der Waals surface area contributed by atoms with Gasteiger partial charge in [-0.1, -0.05) is 45.0 Å². The van der Waals surface area contributed by atoms with Gasteiger partial charge in [0.25, 0.3) is 5.91 Å². The highest BCUT2D eigenvalue weighted by Gasteiger charge is 2.62. The van der Waals surface area contributed by atoms with Crippen molar-refractivity contribution in [2.75, 3.05) is 20.8 Å². The molecule has 1 heterocycles. The number of nitrogens with zero attached hydrogens (tertiary/aromatic N) is 1. The van der Waals surface area contributed by atoms with Gasteiger partial charge in [0.1, 0.15) is 35.1 Å². The third-order valence-electron chi connectivity index (χ3n) is 11.1. The molecule has 2 aromatic carbocycles. The molecule has 13 nitrogen and oxygen atoms in total. The molecule has 0 aromatic heterocycles. The number of amides is 4. The molecule has 52 heavy (non-hydrogen) atoms. The van der Waals surface area contributed by atoms with E-state index < -0.39 is 73.6 Å². The number of rotatable bonds is 12. The molecule has 1 aliphatic heterocycles. The predicted molar refractivity (Wildman–Crippen MR) is 194 cm³/mol. The molecule has 0 bridgehead atoms. The van der Waals surface area contributed by atoms with Gasteiger partial charge in [-0.25, -0.2) is 13.2 Å². The van der Waals surface area contributed by atoms with Crippen LogP contribution < -0.4 is 20.1 Å². The van der Waals surface area contributed by atoms with Crippen molar-refractivity contribution < 1.29 is 41.8 Å². The van der Waals surface area contributed by atoms with E-state index >= 15 is 0 Å². The van der Waals surface area contributed by atoms with E-state index in [2.05, 4.69) is 21.9 Å². The highest BCUT2D eigenvalue weighted by atomic mass is 32.2. The van der Waals surface area contributed by atoms with Crippen molar-refractivity contribution >= 4 is 44.6 Å². The number of alkyl carbamates (subject to hydrolysis) is 1. The predicted octanol–water partition coefficient (Wildman–Crippen LogP) is 4.04. The van der Waals surface area contributed by atoms with Crippen molar-refractivity contribution in [2.45, 2.75) is 107 Å². The van der Waals surface area contributed by atoms with Gasteiger partial charge < -0.3 is 29.7 Å². The summed E-state index contributed by atoms with van der Waals surface area (Å²) in [4.78, 5) is 57.3. The van der Waals surface area contributed by atoms with Crippen LogP contribution in [0.4, 0.5) is 4.79 Å². The molecule has 0 unspecified atom stereocenters. The quantitative estimate of drug-likeness (QED) is 0.272. The van der Waals surface area contributed by atoms with Crippen molar-refractivity contribution in [1.82, 2.24) is 20.3 Å². The molecule has 0 spiro atoms. The lowest BCUT2D eigenvalue weighted by Gasteiger charge is -2.36. The summed E-state index contributed by atoms with van der Waals surface area (Å²) in [6.07, 6.45) is 5.12. The Bertz CT molecular complexity index is 1870. The van der Waals surface area contributed by atoms with Crippen LogP contribution in [0.1, 0.15) is 77.7 Å². The summed E-state index contributed by atoms with van der Waals surface area (Å²) < 4.78 is 44.9. The monoisotopic (exact) mass is 738 g/mol. The molecule has 4 aliphatic rings. The van der Waals surface area contributed by atoms with Gasteiger partial charge in [-0.2, -0.15) is 0 Å². The van der Waals surface area contributed by atoms with Crippen molar-refractivity contribution in [3.63, 3.8) is 0 Å². The van der Waals surface area contributed by atoms with Gasteiger partial charge in [-0.05, 0) is 84.9 Å². The van der Waals surface area contributed by atoms with E-state index in [0.717, 1.165) is 42.0 Å². The van der Waals surface area contributed by atoms with Crippen LogP contribution in [0.2, 0.25) is 0 Å². The minimum atomic E-state index is -3.90. The van der Waals surface area contributed by atoms with Gasteiger partial charge in [0, 0.05) is 19.4 Å². The number of nitrogens with one attached hydrogen (secondary N) is 3. The Kier molecular flexibility index (Phi) is 10.1. The maximum atomic E-state index is 14.7. The van der Waals surface area contributed by atoms with Crippen LogP contribution >= 0.6 is 0 Å². The minimum absolute atomic E-state index is 0.0168. The number of likely N-dealkylation sites (tertiary alicyclic amines) is 1. The summed E-state index contributed by atoms with van der Waals surface area (Å²) in [5.41, 5.74) is -2.79. The maximum absolute atomic E-state index is 14.7. The Morgan fingerprint density at radius 2 is 1.65 bits per heavy atom. The van der Waals surface area contributed by atoms with Crippen LogP contribution in [0.15, 0.2) is 49.1 Å². The Labute approximate surface area is 305 Å². The number of fused-ring (bicyclic) bond motifs is 1. The Hall–Kier alpha value is -4.17. The van der Waals surface area contributed by atoms with E-state index in [1.165, 1.54) is 18.1 Å². The summed E-state index contributed by atoms with van der Waals surface area (Å²) in [6.45, 7) is 9.19. The highest BCUT2D eigenvalue weighted by molar-refractivity contribution is 7.91. The van der Waals surface area contributed by atoms with Crippen molar-refractivity contribution in [3.8, 4) is 5.75 Å². The first-order chi connectivity index (χ1) is 24.6. The Balaban J connectivity index is 1.34. The van der Waals surface area contributed by atoms with Crippen LogP contribution in [-0.2, 0) is 39.5 Å². The third-order valence-corrected chi connectivity index (χ3v) is 12.9. The number of benzene rings is 2. The lowest BCUT2D eigenvalue weighted by Crippen LogP contribution is -2.60. The molecule has 282 valence electrons. The molecule has 5 atom stereocenters. The van der Waals surface area contributed by atoms with E-state index in [0.29, 0.717) is 18.6 Å². The van der Waals surface area contributed by atoms with E-state index in [1.807, 2.05) is 57.2 Å². The normalized spacial score (nSPS) is 26.8. The molecule has 3 N–H and O–H groups in total. The zero-order chi connectivity index (χ0) is 37.6. The number of ether oxygens (including phenoxy) is 3. The number of hydrogen-bond donors (Lipinski definition) is 3. The lowest BCUT2D eigenvalue weighted by atomic mass is 9.85. The average Bonchev–Trinajstić information content (AvgIpc) is 3.99. The standard InChI is InChI=1S/C38H50N4O9S/c1-7-25-20-38(25,34(45)41-52(47,48)29-16-17-29)40-32(43)30-21-37(50-6,26-14-12-24-19-28(49-5)15-13-23(24)18-26)22-42(30)33(44)31(36(2,3)4)39-35(46)51-27-10-8-9-11-27/h7,12-15,18-19,25,27,29-31H,1,8-11,16-17,20-22H2,2-6H3,(H,39,46)(H,40,43)(H,41,45)/t25-,30+,31-,37+,38-/m1/s1. The zero-order valence-corrected chi connectivity index (χ0v) is 31.3. The van der Waals surface area contributed by atoms with E-state index in [4.69, 9.17) is 14.2 Å². The van der Waals surface area contributed by atoms with Crippen LogP contribution in [0.3, 0.4) is 0 Å². The Morgan fingerprint density at radius 1 is 0.981 bits per heavy atom.